The number of nitrogens with one attached hydrogen (secondary N) is 2. The maximum Gasteiger partial charge on any atom is 0.294 e. The Morgan fingerprint density at radius 1 is 1.58 bits per heavy atom. The van der Waals surface area contributed by atoms with Gasteiger partial charge in [0.1, 0.15) is 5.69 Å². The van der Waals surface area contributed by atoms with Gasteiger partial charge in [0.05, 0.1) is 10.8 Å². The second-order valence-corrected chi connectivity index (χ2v) is 4.98. The van der Waals surface area contributed by atoms with Crippen molar-refractivity contribution in [2.75, 3.05) is 11.9 Å². The molecule has 2 N–H and O–H groups in total. The van der Waals surface area contributed by atoms with E-state index in [0.717, 1.165) is 13.0 Å². The van der Waals surface area contributed by atoms with Crippen LogP contribution in [0.3, 0.4) is 0 Å². The fraction of sp³-hybridized carbons (Fsp3) is 0.417. The number of halogens is 1. The summed E-state index contributed by atoms with van der Waals surface area (Å²) in [6.45, 7) is 2.70. The summed E-state index contributed by atoms with van der Waals surface area (Å²) in [4.78, 5) is 22.4. The summed E-state index contributed by atoms with van der Waals surface area (Å²) in [5.41, 5.74) is -0.0158. The average molecular weight is 284 g/mol. The van der Waals surface area contributed by atoms with Crippen molar-refractivity contribution in [2.24, 2.45) is 5.92 Å². The fourth-order valence-corrected chi connectivity index (χ4v) is 2.37. The topological polar surface area (TPSA) is 84.3 Å². The van der Waals surface area contributed by atoms with E-state index >= 15 is 0 Å². The highest BCUT2D eigenvalue weighted by atomic mass is 35.5. The van der Waals surface area contributed by atoms with Gasteiger partial charge in [0.25, 0.3) is 5.69 Å². The highest BCUT2D eigenvalue weighted by molar-refractivity contribution is 6.31. The van der Waals surface area contributed by atoms with E-state index in [9.17, 15) is 14.9 Å². The molecular formula is C12H14ClN3O3. The van der Waals surface area contributed by atoms with Crippen molar-refractivity contribution in [1.82, 2.24) is 5.32 Å². The van der Waals surface area contributed by atoms with E-state index in [-0.39, 0.29) is 34.3 Å². The van der Waals surface area contributed by atoms with E-state index in [0.29, 0.717) is 0 Å². The molecule has 1 amide bonds. The Labute approximate surface area is 115 Å². The molecule has 0 aliphatic carbocycles. The minimum Gasteiger partial charge on any atom is -0.320 e. The molecular weight excluding hydrogens is 270 g/mol. The Morgan fingerprint density at radius 2 is 2.32 bits per heavy atom. The number of amides is 1. The third kappa shape index (κ3) is 3.02. The summed E-state index contributed by atoms with van der Waals surface area (Å²) >= 11 is 5.72. The van der Waals surface area contributed by atoms with Crippen LogP contribution >= 0.6 is 11.6 Å². The van der Waals surface area contributed by atoms with E-state index in [1.165, 1.54) is 18.2 Å². The smallest absolute Gasteiger partial charge is 0.294 e. The van der Waals surface area contributed by atoms with Gasteiger partial charge in [-0.15, -0.1) is 0 Å². The number of carbonyl (C=O) groups excluding carboxylic acids is 1. The molecule has 2 rings (SSSR count). The normalized spacial score (nSPS) is 22.2. The molecule has 102 valence electrons. The summed E-state index contributed by atoms with van der Waals surface area (Å²) in [7, 11) is 0. The zero-order chi connectivity index (χ0) is 14.0. The van der Waals surface area contributed by atoms with Crippen LogP contribution in [0.4, 0.5) is 11.4 Å². The van der Waals surface area contributed by atoms with Crippen LogP contribution in [0, 0.1) is 16.0 Å². The Balaban J connectivity index is 2.19. The van der Waals surface area contributed by atoms with E-state index in [1.807, 2.05) is 6.92 Å². The molecule has 0 spiro atoms. The lowest BCUT2D eigenvalue weighted by atomic mass is 10.0. The standard InChI is InChI=1S/C12H14ClN3O3/c1-7-9(4-5-14-7)12(17)15-10-3-2-8(13)6-11(10)16(18)19/h2-3,6-7,9,14H,4-5H2,1H3,(H,15,17). The molecule has 1 aromatic rings. The van der Waals surface area contributed by atoms with E-state index in [1.54, 1.807) is 0 Å². The molecule has 0 saturated carbocycles. The van der Waals surface area contributed by atoms with Crippen molar-refractivity contribution in [3.05, 3.63) is 33.3 Å². The molecule has 2 atom stereocenters. The second kappa shape index (κ2) is 5.54. The van der Waals surface area contributed by atoms with Crippen LogP contribution in [-0.2, 0) is 4.79 Å². The van der Waals surface area contributed by atoms with E-state index in [2.05, 4.69) is 10.6 Å². The number of hydrogen-bond acceptors (Lipinski definition) is 4. The quantitative estimate of drug-likeness (QED) is 0.658. The summed E-state index contributed by atoms with van der Waals surface area (Å²) < 4.78 is 0. The van der Waals surface area contributed by atoms with Crippen molar-refractivity contribution in [3.63, 3.8) is 0 Å². The molecule has 19 heavy (non-hydrogen) atoms. The lowest BCUT2D eigenvalue weighted by Crippen LogP contribution is -2.32. The first-order valence-corrected chi connectivity index (χ1v) is 6.35. The number of nitro groups is 1. The van der Waals surface area contributed by atoms with Crippen molar-refractivity contribution < 1.29 is 9.72 Å². The third-order valence-electron chi connectivity index (χ3n) is 3.28. The second-order valence-electron chi connectivity index (χ2n) is 4.55. The average Bonchev–Trinajstić information content (AvgIpc) is 2.77. The SMILES string of the molecule is CC1NCCC1C(=O)Nc1ccc(Cl)cc1[N+](=O)[O-]. The minimum atomic E-state index is -0.558. The molecule has 1 fully saturated rings. The lowest BCUT2D eigenvalue weighted by molar-refractivity contribution is -0.383. The van der Waals surface area contributed by atoms with E-state index in [4.69, 9.17) is 11.6 Å². The van der Waals surface area contributed by atoms with Crippen LogP contribution in [-0.4, -0.2) is 23.4 Å². The molecule has 0 aromatic heterocycles. The third-order valence-corrected chi connectivity index (χ3v) is 3.51. The predicted molar refractivity (Wildman–Crippen MR) is 72.3 cm³/mol. The number of benzene rings is 1. The van der Waals surface area contributed by atoms with Gasteiger partial charge in [-0.05, 0) is 32.0 Å². The first-order chi connectivity index (χ1) is 8.99. The summed E-state index contributed by atoms with van der Waals surface area (Å²) in [6, 6.07) is 4.27. The molecule has 6 nitrogen and oxygen atoms in total. The molecule has 1 saturated heterocycles. The summed E-state index contributed by atoms with van der Waals surface area (Å²) in [5, 5.41) is 17.0. The minimum absolute atomic E-state index is 0.0753. The van der Waals surface area contributed by atoms with Crippen molar-refractivity contribution in [1.29, 1.82) is 0 Å². The first kappa shape index (κ1) is 13.8. The number of carbonyl (C=O) groups is 1. The number of anilines is 1. The molecule has 2 unspecified atom stereocenters. The largest absolute Gasteiger partial charge is 0.320 e. The predicted octanol–water partition coefficient (Wildman–Crippen LogP) is 2.18. The molecule has 0 bridgehead atoms. The van der Waals surface area contributed by atoms with Gasteiger partial charge in [-0.3, -0.25) is 14.9 Å². The molecule has 1 heterocycles. The van der Waals surface area contributed by atoms with Crippen LogP contribution in [0.25, 0.3) is 0 Å². The zero-order valence-corrected chi connectivity index (χ0v) is 11.1. The van der Waals surface area contributed by atoms with Crippen molar-refractivity contribution in [3.8, 4) is 0 Å². The van der Waals surface area contributed by atoms with Crippen LogP contribution in [0.15, 0.2) is 18.2 Å². The Kier molecular flexibility index (Phi) is 4.01. The van der Waals surface area contributed by atoms with Gasteiger partial charge in [0, 0.05) is 17.1 Å². The van der Waals surface area contributed by atoms with Gasteiger partial charge in [-0.25, -0.2) is 0 Å². The van der Waals surface area contributed by atoms with Crippen LogP contribution in [0.1, 0.15) is 13.3 Å². The Bertz CT molecular complexity index is 521. The van der Waals surface area contributed by atoms with Gasteiger partial charge in [0.2, 0.25) is 5.91 Å². The number of hydrogen-bond donors (Lipinski definition) is 2. The van der Waals surface area contributed by atoms with Gasteiger partial charge in [0.15, 0.2) is 0 Å². The van der Waals surface area contributed by atoms with Crippen molar-refractivity contribution in [2.45, 2.75) is 19.4 Å². The first-order valence-electron chi connectivity index (χ1n) is 5.97. The molecule has 1 aromatic carbocycles. The van der Waals surface area contributed by atoms with Crippen LogP contribution in [0.2, 0.25) is 5.02 Å². The van der Waals surface area contributed by atoms with Gasteiger partial charge in [-0.1, -0.05) is 11.6 Å². The van der Waals surface area contributed by atoms with E-state index < -0.39 is 4.92 Å². The summed E-state index contributed by atoms with van der Waals surface area (Å²) in [5.74, 6) is -0.377. The summed E-state index contributed by atoms with van der Waals surface area (Å²) in [6.07, 6.45) is 0.731. The van der Waals surface area contributed by atoms with Crippen LogP contribution in [0.5, 0.6) is 0 Å². The maximum absolute atomic E-state index is 12.1. The Morgan fingerprint density at radius 3 is 2.89 bits per heavy atom. The molecule has 1 aliphatic heterocycles. The Hall–Kier alpha value is -1.66. The number of rotatable bonds is 3. The number of nitrogens with zero attached hydrogens (tertiary/aromatic N) is 1. The van der Waals surface area contributed by atoms with Gasteiger partial charge in [-0.2, -0.15) is 0 Å². The molecule has 0 radical (unpaired) electrons. The van der Waals surface area contributed by atoms with Gasteiger partial charge >= 0.3 is 0 Å². The van der Waals surface area contributed by atoms with Crippen LogP contribution < -0.4 is 10.6 Å². The molecule has 1 aliphatic rings. The number of nitro benzene ring substituents is 1. The van der Waals surface area contributed by atoms with Gasteiger partial charge < -0.3 is 10.6 Å². The monoisotopic (exact) mass is 283 g/mol. The highest BCUT2D eigenvalue weighted by Crippen LogP contribution is 2.29. The molecule has 7 heteroatoms. The lowest BCUT2D eigenvalue weighted by Gasteiger charge is -2.15. The van der Waals surface area contributed by atoms with Crippen molar-refractivity contribution >= 4 is 28.9 Å². The highest BCUT2D eigenvalue weighted by Gasteiger charge is 2.30. The fourth-order valence-electron chi connectivity index (χ4n) is 2.20. The maximum atomic E-state index is 12.1. The zero-order valence-electron chi connectivity index (χ0n) is 10.4.